The van der Waals surface area contributed by atoms with E-state index in [9.17, 15) is 13.6 Å². The van der Waals surface area contributed by atoms with Gasteiger partial charge in [-0.1, -0.05) is 0 Å². The molecule has 150 valence electrons. The molecular weight excluding hydrogens is 372 g/mol. The molecule has 4 rings (SSSR count). The van der Waals surface area contributed by atoms with E-state index in [1.54, 1.807) is 11.3 Å². The highest BCUT2D eigenvalue weighted by Gasteiger charge is 2.48. The van der Waals surface area contributed by atoms with Crippen LogP contribution in [0.15, 0.2) is 10.9 Å². The highest BCUT2D eigenvalue weighted by Crippen LogP contribution is 2.42. The Bertz CT molecular complexity index is 666. The third kappa shape index (κ3) is 4.03. The van der Waals surface area contributed by atoms with Crippen LogP contribution in [0.3, 0.4) is 0 Å². The normalized spacial score (nSPS) is 30.3. The van der Waals surface area contributed by atoms with Crippen LogP contribution in [-0.4, -0.2) is 64.0 Å². The average Bonchev–Trinajstić information content (AvgIpc) is 3.09. The van der Waals surface area contributed by atoms with Gasteiger partial charge in [0.05, 0.1) is 36.9 Å². The molecular formula is C19H27F2N3O2S. The lowest BCUT2D eigenvalue weighted by molar-refractivity contribution is -0.165. The number of alkyl halides is 2. The van der Waals surface area contributed by atoms with E-state index in [0.29, 0.717) is 19.6 Å². The highest BCUT2D eigenvalue weighted by atomic mass is 32.1. The van der Waals surface area contributed by atoms with Crippen LogP contribution in [0.25, 0.3) is 0 Å². The van der Waals surface area contributed by atoms with Gasteiger partial charge < -0.3 is 9.64 Å². The summed E-state index contributed by atoms with van der Waals surface area (Å²) in [6, 6.07) is -0.134. The summed E-state index contributed by atoms with van der Waals surface area (Å²) < 4.78 is 33.6. The number of carbonyl (C=O) groups excluding carboxylic acids is 1. The van der Waals surface area contributed by atoms with Crippen molar-refractivity contribution in [2.45, 2.75) is 75.6 Å². The lowest BCUT2D eigenvalue weighted by atomic mass is 9.74. The maximum Gasteiger partial charge on any atom is 0.265 e. The summed E-state index contributed by atoms with van der Waals surface area (Å²) in [5, 5.41) is 2.06. The van der Waals surface area contributed by atoms with Crippen LogP contribution in [0.2, 0.25) is 0 Å². The number of piperidine rings is 1. The third-order valence-corrected chi connectivity index (χ3v) is 7.02. The number of hydrogen-bond acceptors (Lipinski definition) is 5. The molecule has 2 saturated heterocycles. The first-order valence-corrected chi connectivity index (χ1v) is 10.7. The lowest BCUT2D eigenvalue weighted by Crippen LogP contribution is -2.63. The fraction of sp³-hybridized carbons (Fsp3) is 0.789. The Morgan fingerprint density at radius 1 is 1.41 bits per heavy atom. The summed E-state index contributed by atoms with van der Waals surface area (Å²) in [6.07, 6.45) is 3.54. The van der Waals surface area contributed by atoms with Crippen molar-refractivity contribution in [2.75, 3.05) is 19.7 Å². The molecule has 0 bridgehead atoms. The molecule has 0 N–H and O–H groups in total. The van der Waals surface area contributed by atoms with Crippen molar-refractivity contribution in [1.29, 1.82) is 0 Å². The van der Waals surface area contributed by atoms with Gasteiger partial charge in [-0.15, -0.1) is 11.3 Å². The van der Waals surface area contributed by atoms with Crippen LogP contribution >= 0.6 is 11.3 Å². The Balaban J connectivity index is 1.40. The van der Waals surface area contributed by atoms with Gasteiger partial charge >= 0.3 is 0 Å². The van der Waals surface area contributed by atoms with Gasteiger partial charge in [-0.3, -0.25) is 9.69 Å². The maximum atomic E-state index is 13.8. The molecule has 27 heavy (non-hydrogen) atoms. The first kappa shape index (κ1) is 19.2. The number of morpholine rings is 1. The van der Waals surface area contributed by atoms with E-state index in [0.717, 1.165) is 25.1 Å². The van der Waals surface area contributed by atoms with Gasteiger partial charge in [0.25, 0.3) is 5.92 Å². The van der Waals surface area contributed by atoms with E-state index in [-0.39, 0.29) is 36.4 Å². The van der Waals surface area contributed by atoms with Crippen LogP contribution < -0.4 is 0 Å². The van der Waals surface area contributed by atoms with Gasteiger partial charge in [0.2, 0.25) is 5.91 Å². The summed E-state index contributed by atoms with van der Waals surface area (Å²) >= 11 is 1.58. The number of rotatable bonds is 4. The van der Waals surface area contributed by atoms with Crippen molar-refractivity contribution in [1.82, 2.24) is 14.8 Å². The number of nitrogens with zero attached hydrogens (tertiary/aromatic N) is 3. The monoisotopic (exact) mass is 399 g/mol. The van der Waals surface area contributed by atoms with E-state index in [4.69, 9.17) is 4.74 Å². The van der Waals surface area contributed by atoms with Crippen LogP contribution in [-0.2, 0) is 16.1 Å². The van der Waals surface area contributed by atoms with Crippen molar-refractivity contribution in [3.63, 3.8) is 0 Å². The SMILES string of the molecule is CC1CCC(F)(F)CN1C(=O)CC1CN(Cc2cscn2)C2(CCC2)CO1. The van der Waals surface area contributed by atoms with Gasteiger partial charge in [-0.2, -0.15) is 0 Å². The fourth-order valence-corrected chi connectivity index (χ4v) is 5.02. The first-order valence-electron chi connectivity index (χ1n) is 9.78. The van der Waals surface area contributed by atoms with Gasteiger partial charge in [0.1, 0.15) is 0 Å². The Morgan fingerprint density at radius 3 is 2.89 bits per heavy atom. The topological polar surface area (TPSA) is 45.7 Å². The number of aromatic nitrogens is 1. The minimum absolute atomic E-state index is 0.0641. The Morgan fingerprint density at radius 2 is 2.22 bits per heavy atom. The Hall–Kier alpha value is -1.12. The first-order chi connectivity index (χ1) is 12.9. The van der Waals surface area contributed by atoms with Crippen molar-refractivity contribution in [2.24, 2.45) is 0 Å². The predicted octanol–water partition coefficient (Wildman–Crippen LogP) is 3.30. The van der Waals surface area contributed by atoms with Crippen LogP contribution in [0.5, 0.6) is 0 Å². The van der Waals surface area contributed by atoms with Crippen molar-refractivity contribution >= 4 is 17.2 Å². The smallest absolute Gasteiger partial charge is 0.265 e. The van der Waals surface area contributed by atoms with Gasteiger partial charge in [-0.25, -0.2) is 13.8 Å². The molecule has 8 heteroatoms. The lowest BCUT2D eigenvalue weighted by Gasteiger charge is -2.54. The number of amides is 1. The molecule has 1 amide bonds. The predicted molar refractivity (Wildman–Crippen MR) is 98.8 cm³/mol. The number of thiazole rings is 1. The second kappa shape index (κ2) is 7.37. The molecule has 3 heterocycles. The van der Waals surface area contributed by atoms with Crippen LogP contribution in [0.1, 0.15) is 51.1 Å². The summed E-state index contributed by atoms with van der Waals surface area (Å²) in [5.74, 6) is -2.99. The van der Waals surface area contributed by atoms with Gasteiger partial charge in [0, 0.05) is 36.5 Å². The molecule has 1 aromatic heterocycles. The molecule has 3 aliphatic rings. The second-order valence-electron chi connectivity index (χ2n) is 8.34. The summed E-state index contributed by atoms with van der Waals surface area (Å²) in [4.78, 5) is 20.9. The molecule has 5 nitrogen and oxygen atoms in total. The Kier molecular flexibility index (Phi) is 5.24. The molecule has 0 radical (unpaired) electrons. The fourth-order valence-electron chi connectivity index (χ4n) is 4.47. The molecule has 1 aliphatic carbocycles. The number of halogens is 2. The zero-order valence-corrected chi connectivity index (χ0v) is 16.5. The molecule has 2 atom stereocenters. The van der Waals surface area contributed by atoms with Gasteiger partial charge in [-0.05, 0) is 32.6 Å². The molecule has 3 fully saturated rings. The van der Waals surface area contributed by atoms with Crippen molar-refractivity contribution < 1.29 is 18.3 Å². The minimum atomic E-state index is -2.78. The quantitative estimate of drug-likeness (QED) is 0.779. The van der Waals surface area contributed by atoms with Crippen molar-refractivity contribution in [3.8, 4) is 0 Å². The number of likely N-dealkylation sites (tertiary alicyclic amines) is 1. The summed E-state index contributed by atoms with van der Waals surface area (Å²) in [7, 11) is 0. The number of carbonyl (C=O) groups is 1. The summed E-state index contributed by atoms with van der Waals surface area (Å²) in [6.45, 7) is 3.41. The zero-order valence-electron chi connectivity index (χ0n) is 15.7. The molecule has 1 spiro atoms. The zero-order chi connectivity index (χ0) is 19.1. The van der Waals surface area contributed by atoms with E-state index < -0.39 is 12.5 Å². The standard InChI is InChI=1S/C19H27F2N3O2S/c1-14-3-6-19(20,21)11-24(14)17(25)7-16-9-23(8-15-10-27-13-22-15)18(12-26-16)4-2-5-18/h10,13-14,16H,2-9,11-12H2,1H3. The number of ether oxygens (including phenoxy) is 1. The van der Waals surface area contributed by atoms with E-state index in [1.807, 2.05) is 12.4 Å². The molecule has 1 aromatic rings. The van der Waals surface area contributed by atoms with Crippen LogP contribution in [0.4, 0.5) is 8.78 Å². The van der Waals surface area contributed by atoms with Gasteiger partial charge in [0.15, 0.2) is 0 Å². The third-order valence-electron chi connectivity index (χ3n) is 6.39. The van der Waals surface area contributed by atoms with E-state index in [2.05, 4.69) is 15.3 Å². The van der Waals surface area contributed by atoms with E-state index in [1.165, 1.54) is 11.3 Å². The average molecular weight is 400 g/mol. The Labute approximate surface area is 162 Å². The van der Waals surface area contributed by atoms with Crippen LogP contribution in [0, 0.1) is 0 Å². The minimum Gasteiger partial charge on any atom is -0.374 e. The molecule has 2 unspecified atom stereocenters. The summed E-state index contributed by atoms with van der Waals surface area (Å²) in [5.41, 5.74) is 2.94. The number of hydrogen-bond donors (Lipinski definition) is 0. The van der Waals surface area contributed by atoms with Crippen molar-refractivity contribution in [3.05, 3.63) is 16.6 Å². The highest BCUT2D eigenvalue weighted by molar-refractivity contribution is 7.07. The molecule has 1 saturated carbocycles. The molecule has 0 aromatic carbocycles. The van der Waals surface area contributed by atoms with E-state index >= 15 is 0 Å². The molecule has 2 aliphatic heterocycles. The second-order valence-corrected chi connectivity index (χ2v) is 9.06. The largest absolute Gasteiger partial charge is 0.374 e. The maximum absolute atomic E-state index is 13.8.